The number of phosphoric acid groups is 1. The van der Waals surface area contributed by atoms with E-state index in [4.69, 9.17) is 14.6 Å². The number of ether oxygens (including phenoxy) is 2. The average molecular weight is 328 g/mol. The molecule has 21 heavy (non-hydrogen) atoms. The zero-order valence-electron chi connectivity index (χ0n) is 12.3. The predicted octanol–water partition coefficient (Wildman–Crippen LogP) is 0.384. The standard InChI is InChI=1S/C11H21O9P/c1-5-18-21(15,16)20-9(4)11(14)17-6-7(2)19-10(13)8(3)12/h7-9,12H,5-6H2,1-4H3,(H,15,16)/t7?,8-,9-/m1/s1. The molecular formula is C11H21O9P. The maximum Gasteiger partial charge on any atom is 0.472 e. The highest BCUT2D eigenvalue weighted by Crippen LogP contribution is 2.44. The highest BCUT2D eigenvalue weighted by molar-refractivity contribution is 7.47. The Bertz CT molecular complexity index is 395. The van der Waals surface area contributed by atoms with Crippen molar-refractivity contribution < 1.29 is 42.7 Å². The Morgan fingerprint density at radius 3 is 2.24 bits per heavy atom. The van der Waals surface area contributed by atoms with Crippen LogP contribution in [0, 0.1) is 0 Å². The minimum Gasteiger partial charge on any atom is -0.460 e. The van der Waals surface area contributed by atoms with Gasteiger partial charge in [0.2, 0.25) is 0 Å². The summed E-state index contributed by atoms with van der Waals surface area (Å²) in [4.78, 5) is 31.8. The van der Waals surface area contributed by atoms with Crippen molar-refractivity contribution in [3.8, 4) is 0 Å². The van der Waals surface area contributed by atoms with Crippen LogP contribution in [-0.4, -0.2) is 53.5 Å². The molecule has 0 aromatic rings. The summed E-state index contributed by atoms with van der Waals surface area (Å²) in [5.41, 5.74) is 0. The second kappa shape index (κ2) is 9.11. The molecule has 0 radical (unpaired) electrons. The number of aliphatic hydroxyl groups excluding tert-OH is 1. The molecule has 0 aliphatic carbocycles. The van der Waals surface area contributed by atoms with E-state index < -0.39 is 38.1 Å². The number of phosphoric ester groups is 1. The van der Waals surface area contributed by atoms with Crippen LogP contribution in [0.3, 0.4) is 0 Å². The van der Waals surface area contributed by atoms with E-state index in [1.807, 2.05) is 0 Å². The van der Waals surface area contributed by atoms with Crippen molar-refractivity contribution in [2.24, 2.45) is 0 Å². The maximum atomic E-state index is 11.5. The quantitative estimate of drug-likeness (QED) is 0.456. The summed E-state index contributed by atoms with van der Waals surface area (Å²) in [7, 11) is -4.30. The summed E-state index contributed by atoms with van der Waals surface area (Å²) < 4.78 is 29.8. The van der Waals surface area contributed by atoms with E-state index >= 15 is 0 Å². The molecule has 0 amide bonds. The van der Waals surface area contributed by atoms with Gasteiger partial charge in [-0.25, -0.2) is 14.2 Å². The van der Waals surface area contributed by atoms with E-state index in [-0.39, 0.29) is 13.2 Å². The van der Waals surface area contributed by atoms with Crippen molar-refractivity contribution >= 4 is 19.8 Å². The van der Waals surface area contributed by atoms with Crippen LogP contribution in [0.25, 0.3) is 0 Å². The zero-order chi connectivity index (χ0) is 16.6. The van der Waals surface area contributed by atoms with Crippen molar-refractivity contribution in [1.82, 2.24) is 0 Å². The van der Waals surface area contributed by atoms with Gasteiger partial charge < -0.3 is 19.5 Å². The van der Waals surface area contributed by atoms with Gasteiger partial charge in [0.15, 0.2) is 6.10 Å². The lowest BCUT2D eigenvalue weighted by molar-refractivity contribution is -0.166. The molecule has 0 spiro atoms. The normalized spacial score (nSPS) is 18.2. The van der Waals surface area contributed by atoms with Gasteiger partial charge in [-0.1, -0.05) is 0 Å². The average Bonchev–Trinajstić information content (AvgIpc) is 2.34. The molecular weight excluding hydrogens is 307 g/mol. The Labute approximate surface area is 122 Å². The first kappa shape index (κ1) is 20.0. The van der Waals surface area contributed by atoms with Gasteiger partial charge in [0.05, 0.1) is 6.61 Å². The lowest BCUT2D eigenvalue weighted by Gasteiger charge is -2.18. The Morgan fingerprint density at radius 1 is 1.19 bits per heavy atom. The van der Waals surface area contributed by atoms with Crippen LogP contribution in [0.4, 0.5) is 0 Å². The summed E-state index contributed by atoms with van der Waals surface area (Å²) in [6.45, 7) is 5.07. The van der Waals surface area contributed by atoms with Crippen molar-refractivity contribution in [2.75, 3.05) is 13.2 Å². The number of carbonyl (C=O) groups excluding carboxylic acids is 2. The molecule has 0 fully saturated rings. The smallest absolute Gasteiger partial charge is 0.460 e. The first-order chi connectivity index (χ1) is 9.59. The fourth-order valence-corrected chi connectivity index (χ4v) is 1.96. The van der Waals surface area contributed by atoms with Crippen LogP contribution < -0.4 is 0 Å². The Hall–Kier alpha value is -0.990. The van der Waals surface area contributed by atoms with E-state index in [1.54, 1.807) is 0 Å². The highest BCUT2D eigenvalue weighted by Gasteiger charge is 2.29. The van der Waals surface area contributed by atoms with Crippen LogP contribution in [0.1, 0.15) is 27.7 Å². The van der Waals surface area contributed by atoms with E-state index in [0.717, 1.165) is 0 Å². The van der Waals surface area contributed by atoms with Crippen LogP contribution in [0.5, 0.6) is 0 Å². The molecule has 124 valence electrons. The number of hydrogen-bond donors (Lipinski definition) is 2. The lowest BCUT2D eigenvalue weighted by Crippen LogP contribution is -2.30. The molecule has 0 aromatic heterocycles. The van der Waals surface area contributed by atoms with Crippen LogP contribution >= 0.6 is 7.82 Å². The van der Waals surface area contributed by atoms with Crippen molar-refractivity contribution in [2.45, 2.75) is 46.0 Å². The molecule has 2 N–H and O–H groups in total. The minimum absolute atomic E-state index is 0.0537. The van der Waals surface area contributed by atoms with E-state index in [2.05, 4.69) is 9.05 Å². The number of esters is 2. The van der Waals surface area contributed by atoms with Gasteiger partial charge in [0.1, 0.15) is 18.8 Å². The number of hydrogen-bond acceptors (Lipinski definition) is 8. The molecule has 0 aliphatic rings. The molecule has 0 aromatic carbocycles. The minimum atomic E-state index is -4.30. The fourth-order valence-electron chi connectivity index (χ4n) is 1.08. The SMILES string of the molecule is CCOP(=O)(O)O[C@H](C)C(=O)OCC(C)OC(=O)[C@@H](C)O. The second-order valence-electron chi connectivity index (χ2n) is 4.19. The van der Waals surface area contributed by atoms with Gasteiger partial charge in [-0.3, -0.25) is 9.05 Å². The van der Waals surface area contributed by atoms with Gasteiger partial charge in [0.25, 0.3) is 0 Å². The third-order valence-corrected chi connectivity index (χ3v) is 3.20. The maximum absolute atomic E-state index is 11.5. The number of aliphatic hydroxyl groups is 1. The van der Waals surface area contributed by atoms with Gasteiger partial charge in [0, 0.05) is 0 Å². The molecule has 0 bridgehead atoms. The first-order valence-corrected chi connectivity index (χ1v) is 7.79. The first-order valence-electron chi connectivity index (χ1n) is 6.30. The monoisotopic (exact) mass is 328 g/mol. The van der Waals surface area contributed by atoms with E-state index in [9.17, 15) is 19.0 Å². The Balaban J connectivity index is 4.19. The van der Waals surface area contributed by atoms with Gasteiger partial charge in [-0.15, -0.1) is 0 Å². The molecule has 0 saturated heterocycles. The molecule has 4 atom stereocenters. The number of carbonyl (C=O) groups is 2. The lowest BCUT2D eigenvalue weighted by atomic mass is 10.4. The van der Waals surface area contributed by atoms with Crippen LogP contribution in [-0.2, 0) is 32.7 Å². The summed E-state index contributed by atoms with van der Waals surface area (Å²) in [6.07, 6.45) is -3.39. The fraction of sp³-hybridized carbons (Fsp3) is 0.818. The molecule has 0 saturated carbocycles. The van der Waals surface area contributed by atoms with Crippen molar-refractivity contribution in [3.63, 3.8) is 0 Å². The third kappa shape index (κ3) is 8.79. The Morgan fingerprint density at radius 2 is 1.76 bits per heavy atom. The van der Waals surface area contributed by atoms with Crippen LogP contribution in [0.15, 0.2) is 0 Å². The van der Waals surface area contributed by atoms with Crippen molar-refractivity contribution in [1.29, 1.82) is 0 Å². The van der Waals surface area contributed by atoms with E-state index in [1.165, 1.54) is 27.7 Å². The molecule has 2 unspecified atom stereocenters. The van der Waals surface area contributed by atoms with E-state index in [0.29, 0.717) is 0 Å². The zero-order valence-corrected chi connectivity index (χ0v) is 13.2. The largest absolute Gasteiger partial charge is 0.472 e. The Kier molecular flexibility index (Phi) is 8.68. The van der Waals surface area contributed by atoms with Gasteiger partial charge in [-0.2, -0.15) is 0 Å². The molecule has 10 heteroatoms. The highest BCUT2D eigenvalue weighted by atomic mass is 31.2. The predicted molar refractivity (Wildman–Crippen MR) is 70.2 cm³/mol. The molecule has 0 rings (SSSR count). The molecule has 0 aliphatic heterocycles. The second-order valence-corrected chi connectivity index (χ2v) is 5.59. The summed E-state index contributed by atoms with van der Waals surface area (Å²) in [5.74, 6) is -1.76. The van der Waals surface area contributed by atoms with Crippen molar-refractivity contribution in [3.05, 3.63) is 0 Å². The molecule has 0 heterocycles. The van der Waals surface area contributed by atoms with Gasteiger partial charge >= 0.3 is 19.8 Å². The third-order valence-electron chi connectivity index (χ3n) is 2.03. The molecule has 9 nitrogen and oxygen atoms in total. The summed E-state index contributed by atoms with van der Waals surface area (Å²) >= 11 is 0. The summed E-state index contributed by atoms with van der Waals surface area (Å²) in [6, 6.07) is 0. The van der Waals surface area contributed by atoms with Gasteiger partial charge in [-0.05, 0) is 27.7 Å². The number of rotatable bonds is 9. The topological polar surface area (TPSA) is 129 Å². The summed E-state index contributed by atoms with van der Waals surface area (Å²) in [5, 5.41) is 8.94. The van der Waals surface area contributed by atoms with Crippen LogP contribution in [0.2, 0.25) is 0 Å².